The van der Waals surface area contributed by atoms with Crippen LogP contribution in [0.2, 0.25) is 0 Å². The van der Waals surface area contributed by atoms with Crippen molar-refractivity contribution in [3.8, 4) is 0 Å². The van der Waals surface area contributed by atoms with Gasteiger partial charge in [0.15, 0.2) is 0 Å². The molecule has 3 atom stereocenters. The molecule has 2 aliphatic rings. The molecular formula is C24H29FO3. The molecule has 4 heteroatoms. The van der Waals surface area contributed by atoms with E-state index in [0.717, 1.165) is 36.8 Å². The van der Waals surface area contributed by atoms with Crippen LogP contribution < -0.4 is 0 Å². The second-order valence-corrected chi connectivity index (χ2v) is 8.38. The van der Waals surface area contributed by atoms with E-state index in [2.05, 4.69) is 13.0 Å². The van der Waals surface area contributed by atoms with Gasteiger partial charge in [0.05, 0.1) is 24.9 Å². The molecule has 3 nitrogen and oxygen atoms in total. The average molecular weight is 384 g/mol. The minimum absolute atomic E-state index is 0.0702. The highest BCUT2D eigenvalue weighted by atomic mass is 19.1. The molecule has 28 heavy (non-hydrogen) atoms. The van der Waals surface area contributed by atoms with E-state index in [1.807, 2.05) is 12.1 Å². The molecule has 1 aliphatic carbocycles. The molecule has 150 valence electrons. The molecule has 1 saturated heterocycles. The van der Waals surface area contributed by atoms with Crippen LogP contribution in [0.4, 0.5) is 4.39 Å². The molecule has 3 unspecified atom stereocenters. The summed E-state index contributed by atoms with van der Waals surface area (Å²) in [5, 5.41) is 19.8. The summed E-state index contributed by atoms with van der Waals surface area (Å²) in [7, 11) is 0. The van der Waals surface area contributed by atoms with Crippen LogP contribution in [0, 0.1) is 19.7 Å². The average Bonchev–Trinajstić information content (AvgIpc) is 3.17. The lowest BCUT2D eigenvalue weighted by Gasteiger charge is -2.34. The van der Waals surface area contributed by atoms with Gasteiger partial charge in [-0.05, 0) is 84.5 Å². The Balaban J connectivity index is 1.72. The van der Waals surface area contributed by atoms with Crippen LogP contribution in [0.1, 0.15) is 64.3 Å². The van der Waals surface area contributed by atoms with Gasteiger partial charge in [-0.2, -0.15) is 0 Å². The van der Waals surface area contributed by atoms with Gasteiger partial charge in [-0.3, -0.25) is 0 Å². The van der Waals surface area contributed by atoms with Gasteiger partial charge in [-0.25, -0.2) is 4.39 Å². The number of fused-ring (bicyclic) bond motifs is 1. The smallest absolute Gasteiger partial charge is 0.126 e. The highest BCUT2D eigenvalue weighted by Gasteiger charge is 2.32. The van der Waals surface area contributed by atoms with E-state index >= 15 is 0 Å². The summed E-state index contributed by atoms with van der Waals surface area (Å²) in [4.78, 5) is 0. The maximum atomic E-state index is 13.7. The van der Waals surface area contributed by atoms with Gasteiger partial charge in [0.25, 0.3) is 0 Å². The first-order valence-corrected chi connectivity index (χ1v) is 10.3. The van der Waals surface area contributed by atoms with Crippen molar-refractivity contribution in [2.24, 2.45) is 0 Å². The van der Waals surface area contributed by atoms with Gasteiger partial charge in [0, 0.05) is 12.8 Å². The van der Waals surface area contributed by atoms with E-state index in [1.165, 1.54) is 22.3 Å². The lowest BCUT2D eigenvalue weighted by Crippen LogP contribution is -2.34. The molecule has 0 amide bonds. The first-order valence-electron chi connectivity index (χ1n) is 10.3. The largest absolute Gasteiger partial charge is 0.394 e. The van der Waals surface area contributed by atoms with Crippen molar-refractivity contribution in [3.05, 3.63) is 69.0 Å². The predicted molar refractivity (Wildman–Crippen MR) is 107 cm³/mol. The SMILES string of the molecule is Cc1cc(Cc2cc(C3CC(O)CC(CO)O3)c(C)c3c2CCC3)ccc1F. The van der Waals surface area contributed by atoms with Crippen LogP contribution >= 0.6 is 0 Å². The Hall–Kier alpha value is -1.75. The zero-order valence-corrected chi connectivity index (χ0v) is 16.7. The predicted octanol–water partition coefficient (Wildman–Crippen LogP) is 4.10. The van der Waals surface area contributed by atoms with E-state index < -0.39 is 6.10 Å². The van der Waals surface area contributed by atoms with Crippen molar-refractivity contribution in [3.63, 3.8) is 0 Å². The standard InChI is InChI=1S/C24H29FO3/c1-14-8-16(6-7-23(14)25)9-17-10-22(15(2)20-4-3-5-21(17)20)24-12-18(27)11-19(13-26)28-24/h6-8,10,18-19,24,26-27H,3-5,9,11-13H2,1-2H3. The Kier molecular flexibility index (Phi) is 5.55. The molecule has 2 N–H and O–H groups in total. The van der Waals surface area contributed by atoms with Crippen LogP contribution in [0.5, 0.6) is 0 Å². The van der Waals surface area contributed by atoms with E-state index in [1.54, 1.807) is 13.0 Å². The Labute approximate surface area is 166 Å². The summed E-state index contributed by atoms with van der Waals surface area (Å²) in [6.07, 6.45) is 4.17. The van der Waals surface area contributed by atoms with Gasteiger partial charge >= 0.3 is 0 Å². The first kappa shape index (κ1) is 19.6. The Morgan fingerprint density at radius 3 is 2.64 bits per heavy atom. The fourth-order valence-corrected chi connectivity index (χ4v) is 4.91. The summed E-state index contributed by atoms with van der Waals surface area (Å²) in [6.45, 7) is 3.89. The highest BCUT2D eigenvalue weighted by Crippen LogP contribution is 2.39. The van der Waals surface area contributed by atoms with Crippen LogP contribution in [0.3, 0.4) is 0 Å². The molecule has 2 aromatic rings. The molecule has 4 rings (SSSR count). The molecule has 0 spiro atoms. The number of aliphatic hydroxyl groups is 2. The molecule has 2 aromatic carbocycles. The number of hydrogen-bond acceptors (Lipinski definition) is 3. The fourth-order valence-electron chi connectivity index (χ4n) is 4.91. The molecule has 0 bridgehead atoms. The zero-order valence-electron chi connectivity index (χ0n) is 16.7. The molecule has 1 heterocycles. The van der Waals surface area contributed by atoms with Crippen LogP contribution in [-0.4, -0.2) is 29.0 Å². The number of benzene rings is 2. The van der Waals surface area contributed by atoms with Crippen molar-refractivity contribution in [2.45, 2.75) is 70.7 Å². The molecule has 0 aromatic heterocycles. The van der Waals surface area contributed by atoms with Crippen molar-refractivity contribution >= 4 is 0 Å². The van der Waals surface area contributed by atoms with Gasteiger partial charge in [-0.1, -0.05) is 18.2 Å². The number of halogens is 1. The maximum Gasteiger partial charge on any atom is 0.126 e. The second kappa shape index (κ2) is 7.94. The summed E-state index contributed by atoms with van der Waals surface area (Å²) >= 11 is 0. The minimum atomic E-state index is -0.452. The normalized spacial score (nSPS) is 24.4. The zero-order chi connectivity index (χ0) is 19.8. The molecular weight excluding hydrogens is 355 g/mol. The summed E-state index contributed by atoms with van der Waals surface area (Å²) < 4.78 is 19.8. The highest BCUT2D eigenvalue weighted by molar-refractivity contribution is 5.50. The molecule has 1 fully saturated rings. The van der Waals surface area contributed by atoms with E-state index in [9.17, 15) is 14.6 Å². The summed E-state index contributed by atoms with van der Waals surface area (Å²) in [6, 6.07) is 7.58. The minimum Gasteiger partial charge on any atom is -0.394 e. The van der Waals surface area contributed by atoms with Crippen LogP contribution in [-0.2, 0) is 24.0 Å². The third-order valence-corrected chi connectivity index (χ3v) is 6.37. The second-order valence-electron chi connectivity index (χ2n) is 8.38. The third kappa shape index (κ3) is 3.73. The van der Waals surface area contributed by atoms with E-state index in [0.29, 0.717) is 18.4 Å². The van der Waals surface area contributed by atoms with Crippen LogP contribution in [0.25, 0.3) is 0 Å². The Morgan fingerprint density at radius 2 is 1.89 bits per heavy atom. The number of aryl methyl sites for hydroxylation is 1. The van der Waals surface area contributed by atoms with Crippen molar-refractivity contribution in [2.75, 3.05) is 6.61 Å². The first-order chi connectivity index (χ1) is 13.5. The molecule has 0 saturated carbocycles. The monoisotopic (exact) mass is 384 g/mol. The van der Waals surface area contributed by atoms with Gasteiger partial charge in [0.2, 0.25) is 0 Å². The topological polar surface area (TPSA) is 49.7 Å². The Bertz CT molecular complexity index is 877. The fraction of sp³-hybridized carbons (Fsp3) is 0.500. The number of rotatable bonds is 4. The number of aliphatic hydroxyl groups excluding tert-OH is 2. The quantitative estimate of drug-likeness (QED) is 0.835. The lowest BCUT2D eigenvalue weighted by atomic mass is 9.86. The van der Waals surface area contributed by atoms with E-state index in [-0.39, 0.29) is 24.6 Å². The van der Waals surface area contributed by atoms with Crippen molar-refractivity contribution in [1.82, 2.24) is 0 Å². The number of hydrogen-bond donors (Lipinski definition) is 2. The van der Waals surface area contributed by atoms with Gasteiger partial charge < -0.3 is 14.9 Å². The van der Waals surface area contributed by atoms with Crippen molar-refractivity contribution in [1.29, 1.82) is 0 Å². The molecule has 1 aliphatic heterocycles. The Morgan fingerprint density at radius 1 is 1.11 bits per heavy atom. The van der Waals surface area contributed by atoms with Crippen LogP contribution in [0.15, 0.2) is 24.3 Å². The van der Waals surface area contributed by atoms with Crippen molar-refractivity contribution < 1.29 is 19.3 Å². The van der Waals surface area contributed by atoms with Gasteiger partial charge in [-0.15, -0.1) is 0 Å². The number of ether oxygens (including phenoxy) is 1. The third-order valence-electron chi connectivity index (χ3n) is 6.37. The summed E-state index contributed by atoms with van der Waals surface area (Å²) in [5.41, 5.74) is 8.30. The van der Waals surface area contributed by atoms with Gasteiger partial charge in [0.1, 0.15) is 5.82 Å². The molecule has 0 radical (unpaired) electrons. The maximum absolute atomic E-state index is 13.7. The summed E-state index contributed by atoms with van der Waals surface area (Å²) in [5.74, 6) is -0.168. The van der Waals surface area contributed by atoms with E-state index in [4.69, 9.17) is 4.74 Å². The lowest BCUT2D eigenvalue weighted by molar-refractivity contribution is -0.114.